The van der Waals surface area contributed by atoms with Gasteiger partial charge in [0.05, 0.1) is 6.61 Å². The van der Waals surface area contributed by atoms with Gasteiger partial charge in [0, 0.05) is 18.3 Å². The minimum absolute atomic E-state index is 0.0483. The largest absolute Gasteiger partial charge is 0.395 e. The molecule has 0 radical (unpaired) electrons. The quantitative estimate of drug-likeness (QED) is 0.891. The Labute approximate surface area is 118 Å². The van der Waals surface area contributed by atoms with Crippen molar-refractivity contribution < 1.29 is 14.3 Å². The van der Waals surface area contributed by atoms with E-state index in [2.05, 4.69) is 5.32 Å². The monoisotopic (exact) mass is 280 g/mol. The molecule has 1 saturated carbocycles. The van der Waals surface area contributed by atoms with E-state index in [-0.39, 0.29) is 24.5 Å². The number of halogens is 1. The standard InChI is InChI=1S/C15H21FN2O2/c16-12-6-8-13(9-7-12)17-15(20)18(10-11-19)14-4-2-1-3-5-14/h6-9,14,19H,1-5,10-11H2,(H,17,20). The molecule has 0 aliphatic heterocycles. The summed E-state index contributed by atoms with van der Waals surface area (Å²) >= 11 is 0. The van der Waals surface area contributed by atoms with Crippen molar-refractivity contribution in [2.24, 2.45) is 0 Å². The molecule has 0 unspecified atom stereocenters. The van der Waals surface area contributed by atoms with Crippen LogP contribution in [-0.2, 0) is 0 Å². The minimum atomic E-state index is -0.331. The number of anilines is 1. The Morgan fingerprint density at radius 2 is 1.90 bits per heavy atom. The first kappa shape index (κ1) is 14.8. The van der Waals surface area contributed by atoms with Crippen LogP contribution in [0.3, 0.4) is 0 Å². The van der Waals surface area contributed by atoms with Crippen LogP contribution in [0, 0.1) is 5.82 Å². The molecule has 1 aliphatic rings. The number of carbonyl (C=O) groups excluding carboxylic acids is 1. The highest BCUT2D eigenvalue weighted by Gasteiger charge is 2.24. The number of rotatable bonds is 4. The van der Waals surface area contributed by atoms with Crippen molar-refractivity contribution in [1.29, 1.82) is 0 Å². The predicted molar refractivity (Wildman–Crippen MR) is 76.1 cm³/mol. The molecule has 2 rings (SSSR count). The van der Waals surface area contributed by atoms with Gasteiger partial charge in [-0.2, -0.15) is 0 Å². The lowest BCUT2D eigenvalue weighted by atomic mass is 9.94. The number of nitrogens with one attached hydrogen (secondary N) is 1. The van der Waals surface area contributed by atoms with Crippen LogP contribution in [0.2, 0.25) is 0 Å². The highest BCUT2D eigenvalue weighted by atomic mass is 19.1. The summed E-state index contributed by atoms with van der Waals surface area (Å²) in [6, 6.07) is 5.66. The fraction of sp³-hybridized carbons (Fsp3) is 0.533. The van der Waals surface area contributed by atoms with Crippen molar-refractivity contribution in [3.8, 4) is 0 Å². The molecule has 0 spiro atoms. The highest BCUT2D eigenvalue weighted by molar-refractivity contribution is 5.89. The second kappa shape index (κ2) is 7.24. The van der Waals surface area contributed by atoms with Crippen LogP contribution in [0.4, 0.5) is 14.9 Å². The molecule has 5 heteroatoms. The summed E-state index contributed by atoms with van der Waals surface area (Å²) in [7, 11) is 0. The van der Waals surface area contributed by atoms with Crippen LogP contribution in [0.5, 0.6) is 0 Å². The van der Waals surface area contributed by atoms with E-state index in [4.69, 9.17) is 5.11 Å². The van der Waals surface area contributed by atoms with Crippen molar-refractivity contribution >= 4 is 11.7 Å². The Hall–Kier alpha value is -1.62. The zero-order valence-corrected chi connectivity index (χ0v) is 11.5. The third-order valence-corrected chi connectivity index (χ3v) is 3.71. The summed E-state index contributed by atoms with van der Waals surface area (Å²) in [5.74, 6) is -0.331. The maximum absolute atomic E-state index is 12.8. The lowest BCUT2D eigenvalue weighted by Crippen LogP contribution is -2.45. The van der Waals surface area contributed by atoms with E-state index in [0.29, 0.717) is 12.2 Å². The van der Waals surface area contributed by atoms with Crippen LogP contribution in [0.15, 0.2) is 24.3 Å². The van der Waals surface area contributed by atoms with Crippen LogP contribution < -0.4 is 5.32 Å². The Balaban J connectivity index is 2.00. The van der Waals surface area contributed by atoms with E-state index in [1.807, 2.05) is 0 Å². The smallest absolute Gasteiger partial charge is 0.322 e. The molecular formula is C15H21FN2O2. The first-order valence-electron chi connectivity index (χ1n) is 7.15. The lowest BCUT2D eigenvalue weighted by molar-refractivity contribution is 0.144. The predicted octanol–water partition coefficient (Wildman–Crippen LogP) is 2.98. The van der Waals surface area contributed by atoms with Crippen molar-refractivity contribution in [3.05, 3.63) is 30.1 Å². The van der Waals surface area contributed by atoms with E-state index in [9.17, 15) is 9.18 Å². The van der Waals surface area contributed by atoms with E-state index < -0.39 is 0 Å². The van der Waals surface area contributed by atoms with Gasteiger partial charge in [-0.05, 0) is 37.1 Å². The maximum atomic E-state index is 12.8. The molecule has 4 nitrogen and oxygen atoms in total. The molecule has 2 N–H and O–H groups in total. The molecule has 0 heterocycles. The minimum Gasteiger partial charge on any atom is -0.395 e. The SMILES string of the molecule is O=C(Nc1ccc(F)cc1)N(CCO)C1CCCCC1. The summed E-state index contributed by atoms with van der Waals surface area (Å²) in [5.41, 5.74) is 0.565. The first-order chi connectivity index (χ1) is 9.70. The Kier molecular flexibility index (Phi) is 5.35. The second-order valence-corrected chi connectivity index (χ2v) is 5.15. The fourth-order valence-electron chi connectivity index (χ4n) is 2.68. The lowest BCUT2D eigenvalue weighted by Gasteiger charge is -2.34. The van der Waals surface area contributed by atoms with Gasteiger partial charge in [0.15, 0.2) is 0 Å². The number of benzene rings is 1. The molecule has 1 aromatic carbocycles. The number of aliphatic hydroxyl groups excluding tert-OH is 1. The zero-order valence-electron chi connectivity index (χ0n) is 11.5. The average molecular weight is 280 g/mol. The van der Waals surface area contributed by atoms with Crippen molar-refractivity contribution in [3.63, 3.8) is 0 Å². The van der Waals surface area contributed by atoms with E-state index in [1.165, 1.54) is 30.7 Å². The summed E-state index contributed by atoms with van der Waals surface area (Å²) in [5, 5.41) is 11.9. The summed E-state index contributed by atoms with van der Waals surface area (Å²) in [6.07, 6.45) is 5.42. The molecule has 110 valence electrons. The van der Waals surface area contributed by atoms with E-state index in [1.54, 1.807) is 4.90 Å². The van der Waals surface area contributed by atoms with Gasteiger partial charge in [-0.3, -0.25) is 0 Å². The van der Waals surface area contributed by atoms with Crippen LogP contribution in [0.25, 0.3) is 0 Å². The zero-order chi connectivity index (χ0) is 14.4. The number of hydrogen-bond donors (Lipinski definition) is 2. The molecule has 0 aromatic heterocycles. The molecule has 0 bridgehead atoms. The Morgan fingerprint density at radius 3 is 2.50 bits per heavy atom. The first-order valence-corrected chi connectivity index (χ1v) is 7.15. The molecule has 1 fully saturated rings. The fourth-order valence-corrected chi connectivity index (χ4v) is 2.68. The van der Waals surface area contributed by atoms with Gasteiger partial charge in [0.1, 0.15) is 5.82 Å². The average Bonchev–Trinajstić information content (AvgIpc) is 2.48. The number of hydrogen-bond acceptors (Lipinski definition) is 2. The van der Waals surface area contributed by atoms with Gasteiger partial charge in [0.25, 0.3) is 0 Å². The number of amides is 2. The van der Waals surface area contributed by atoms with E-state index >= 15 is 0 Å². The second-order valence-electron chi connectivity index (χ2n) is 5.15. The number of carbonyl (C=O) groups is 1. The van der Waals surface area contributed by atoms with Gasteiger partial charge in [-0.15, -0.1) is 0 Å². The van der Waals surface area contributed by atoms with Gasteiger partial charge in [-0.1, -0.05) is 19.3 Å². The molecule has 2 amide bonds. The van der Waals surface area contributed by atoms with Gasteiger partial charge in [-0.25, -0.2) is 9.18 Å². The summed E-state index contributed by atoms with van der Waals surface area (Å²) in [6.45, 7) is 0.283. The molecule has 1 aliphatic carbocycles. The third kappa shape index (κ3) is 3.93. The Morgan fingerprint density at radius 1 is 1.25 bits per heavy atom. The highest BCUT2D eigenvalue weighted by Crippen LogP contribution is 2.23. The molecule has 0 saturated heterocycles. The number of aliphatic hydroxyl groups is 1. The van der Waals surface area contributed by atoms with Crippen LogP contribution >= 0.6 is 0 Å². The van der Waals surface area contributed by atoms with Gasteiger partial charge >= 0.3 is 6.03 Å². The topological polar surface area (TPSA) is 52.6 Å². The van der Waals surface area contributed by atoms with Crippen molar-refractivity contribution in [2.45, 2.75) is 38.1 Å². The van der Waals surface area contributed by atoms with Crippen LogP contribution in [0.1, 0.15) is 32.1 Å². The third-order valence-electron chi connectivity index (χ3n) is 3.71. The van der Waals surface area contributed by atoms with Crippen molar-refractivity contribution in [1.82, 2.24) is 4.90 Å². The summed E-state index contributed by atoms with van der Waals surface area (Å²) < 4.78 is 12.8. The Bertz CT molecular complexity index is 430. The summed E-state index contributed by atoms with van der Waals surface area (Å²) in [4.78, 5) is 14.0. The molecule has 0 atom stereocenters. The van der Waals surface area contributed by atoms with E-state index in [0.717, 1.165) is 25.7 Å². The number of nitrogens with zero attached hydrogens (tertiary/aromatic N) is 1. The number of urea groups is 1. The van der Waals surface area contributed by atoms with Crippen molar-refractivity contribution in [2.75, 3.05) is 18.5 Å². The molecule has 20 heavy (non-hydrogen) atoms. The maximum Gasteiger partial charge on any atom is 0.322 e. The van der Waals surface area contributed by atoms with Gasteiger partial charge in [0.2, 0.25) is 0 Å². The molecule has 1 aromatic rings. The van der Waals surface area contributed by atoms with Gasteiger partial charge < -0.3 is 15.3 Å². The normalized spacial score (nSPS) is 15.9. The molecular weight excluding hydrogens is 259 g/mol. The van der Waals surface area contributed by atoms with Crippen LogP contribution in [-0.4, -0.2) is 35.2 Å².